The van der Waals surface area contributed by atoms with Gasteiger partial charge in [-0.1, -0.05) is 0 Å². The summed E-state index contributed by atoms with van der Waals surface area (Å²) in [4.78, 5) is 29.0. The third-order valence-electron chi connectivity index (χ3n) is 7.07. The molecule has 11 nitrogen and oxygen atoms in total. The number of amides is 1. The van der Waals surface area contributed by atoms with Gasteiger partial charge in [0.1, 0.15) is 18.1 Å². The number of rotatable bonds is 11. The SMILES string of the molecule is CC(=O)NCCCCOc1ccc(-c2ncnc(Nc3ccc(N4CCN(C5COC5)CC4)cc3)n2)cc1C#N. The van der Waals surface area contributed by atoms with Crippen LogP contribution in [0.4, 0.5) is 17.3 Å². The van der Waals surface area contributed by atoms with Crippen LogP contribution < -0.4 is 20.3 Å². The molecular weight excluding hydrogens is 508 g/mol. The van der Waals surface area contributed by atoms with Gasteiger partial charge in [-0.2, -0.15) is 10.2 Å². The predicted molar refractivity (Wildman–Crippen MR) is 152 cm³/mol. The minimum absolute atomic E-state index is 0.0435. The van der Waals surface area contributed by atoms with Gasteiger partial charge in [0.15, 0.2) is 5.82 Å². The average Bonchev–Trinajstić information content (AvgIpc) is 2.95. The van der Waals surface area contributed by atoms with Gasteiger partial charge in [-0.05, 0) is 55.3 Å². The first-order valence-corrected chi connectivity index (χ1v) is 13.6. The van der Waals surface area contributed by atoms with E-state index in [0.717, 1.165) is 57.9 Å². The van der Waals surface area contributed by atoms with Crippen molar-refractivity contribution in [2.45, 2.75) is 25.8 Å². The Hall–Kier alpha value is -4.27. The Morgan fingerprint density at radius 2 is 1.90 bits per heavy atom. The van der Waals surface area contributed by atoms with Crippen LogP contribution in [0.15, 0.2) is 48.8 Å². The number of hydrogen-bond acceptors (Lipinski definition) is 10. The molecule has 2 aliphatic heterocycles. The molecule has 0 radical (unpaired) electrons. The second-order valence-electron chi connectivity index (χ2n) is 9.88. The third kappa shape index (κ3) is 7.02. The van der Waals surface area contributed by atoms with Crippen molar-refractivity contribution in [1.82, 2.24) is 25.2 Å². The molecule has 0 atom stereocenters. The molecule has 208 valence electrons. The number of ether oxygens (including phenoxy) is 2. The molecule has 2 saturated heterocycles. The maximum absolute atomic E-state index is 10.9. The van der Waals surface area contributed by atoms with Crippen LogP contribution in [0.2, 0.25) is 0 Å². The van der Waals surface area contributed by atoms with Crippen LogP contribution in [-0.2, 0) is 9.53 Å². The van der Waals surface area contributed by atoms with Gasteiger partial charge in [0.05, 0.1) is 31.4 Å². The van der Waals surface area contributed by atoms with Crippen LogP contribution in [0.1, 0.15) is 25.3 Å². The standard InChI is InChI=1S/C29H34N8O3/c1-21(38)31-10-2-3-15-40-27-9-4-22(16-23(27)17-30)28-32-20-33-29(35-28)34-24-5-7-25(8-6-24)36-11-13-37(14-12-36)26-18-39-19-26/h4-9,16,20,26H,2-3,10-15,18-19H2,1H3,(H,31,38)(H,32,33,34,35). The number of nitrogens with one attached hydrogen (secondary N) is 2. The van der Waals surface area contributed by atoms with Gasteiger partial charge in [-0.3, -0.25) is 9.69 Å². The molecule has 0 spiro atoms. The van der Waals surface area contributed by atoms with Crippen molar-refractivity contribution in [2.24, 2.45) is 0 Å². The Morgan fingerprint density at radius 1 is 1.10 bits per heavy atom. The lowest BCUT2D eigenvalue weighted by Gasteiger charge is -2.43. The maximum Gasteiger partial charge on any atom is 0.230 e. The van der Waals surface area contributed by atoms with Crippen molar-refractivity contribution in [3.05, 3.63) is 54.4 Å². The Labute approximate surface area is 234 Å². The highest BCUT2D eigenvalue weighted by atomic mass is 16.5. The number of benzene rings is 2. The second-order valence-corrected chi connectivity index (χ2v) is 9.88. The van der Waals surface area contributed by atoms with Gasteiger partial charge in [0.25, 0.3) is 0 Å². The number of hydrogen-bond donors (Lipinski definition) is 2. The Bertz CT molecular complexity index is 1330. The number of nitriles is 1. The fourth-order valence-electron chi connectivity index (χ4n) is 4.72. The maximum atomic E-state index is 10.9. The number of aromatic nitrogens is 3. The monoisotopic (exact) mass is 542 g/mol. The van der Waals surface area contributed by atoms with Crippen LogP contribution >= 0.6 is 0 Å². The van der Waals surface area contributed by atoms with E-state index < -0.39 is 0 Å². The van der Waals surface area contributed by atoms with Gasteiger partial charge >= 0.3 is 0 Å². The van der Waals surface area contributed by atoms with Gasteiger partial charge in [0.2, 0.25) is 11.9 Å². The molecule has 1 aromatic heterocycles. The first-order valence-electron chi connectivity index (χ1n) is 13.6. The first-order chi connectivity index (χ1) is 19.6. The summed E-state index contributed by atoms with van der Waals surface area (Å²) in [7, 11) is 0. The molecule has 0 unspecified atom stereocenters. The third-order valence-corrected chi connectivity index (χ3v) is 7.07. The highest BCUT2D eigenvalue weighted by Crippen LogP contribution is 2.26. The zero-order valence-electron chi connectivity index (χ0n) is 22.7. The highest BCUT2D eigenvalue weighted by Gasteiger charge is 2.28. The lowest BCUT2D eigenvalue weighted by Crippen LogP contribution is -2.56. The highest BCUT2D eigenvalue weighted by molar-refractivity contribution is 5.72. The van der Waals surface area contributed by atoms with E-state index in [1.165, 1.54) is 18.9 Å². The zero-order valence-corrected chi connectivity index (χ0v) is 22.7. The fraction of sp³-hybridized carbons (Fsp3) is 0.414. The summed E-state index contributed by atoms with van der Waals surface area (Å²) in [5.74, 6) is 1.35. The molecule has 2 aliphatic rings. The van der Waals surface area contributed by atoms with Crippen LogP contribution in [0, 0.1) is 11.3 Å². The summed E-state index contributed by atoms with van der Waals surface area (Å²) in [5, 5.41) is 15.7. The van der Waals surface area contributed by atoms with E-state index in [0.29, 0.717) is 47.8 Å². The van der Waals surface area contributed by atoms with E-state index in [2.05, 4.69) is 53.6 Å². The number of unbranched alkanes of at least 4 members (excludes halogenated alkanes) is 1. The zero-order chi connectivity index (χ0) is 27.7. The molecule has 3 aromatic rings. The van der Waals surface area contributed by atoms with Crippen molar-refractivity contribution >= 4 is 23.2 Å². The summed E-state index contributed by atoms with van der Waals surface area (Å²) in [6.07, 6.45) is 3.02. The molecule has 0 bridgehead atoms. The Kier molecular flexibility index (Phi) is 9.00. The summed E-state index contributed by atoms with van der Waals surface area (Å²) < 4.78 is 11.1. The number of piperazine rings is 1. The molecule has 11 heteroatoms. The van der Waals surface area contributed by atoms with Crippen molar-refractivity contribution < 1.29 is 14.3 Å². The van der Waals surface area contributed by atoms with Crippen molar-refractivity contribution in [2.75, 3.05) is 62.8 Å². The molecular formula is C29H34N8O3. The van der Waals surface area contributed by atoms with E-state index in [-0.39, 0.29) is 5.91 Å². The predicted octanol–water partition coefficient (Wildman–Crippen LogP) is 2.97. The first kappa shape index (κ1) is 27.3. The Balaban J connectivity index is 1.16. The largest absolute Gasteiger partial charge is 0.492 e. The number of carbonyl (C=O) groups is 1. The molecule has 2 N–H and O–H groups in total. The van der Waals surface area contributed by atoms with Crippen LogP contribution in [0.5, 0.6) is 5.75 Å². The lowest BCUT2D eigenvalue weighted by molar-refractivity contribution is -0.118. The minimum atomic E-state index is -0.0435. The van der Waals surface area contributed by atoms with Crippen molar-refractivity contribution in [1.29, 1.82) is 5.26 Å². The summed E-state index contributed by atoms with van der Waals surface area (Å²) in [6.45, 7) is 8.42. The van der Waals surface area contributed by atoms with E-state index >= 15 is 0 Å². The van der Waals surface area contributed by atoms with Crippen LogP contribution in [0.3, 0.4) is 0 Å². The van der Waals surface area contributed by atoms with Gasteiger partial charge in [-0.15, -0.1) is 0 Å². The fourth-order valence-corrected chi connectivity index (χ4v) is 4.72. The van der Waals surface area contributed by atoms with Crippen LogP contribution in [0.25, 0.3) is 11.4 Å². The van der Waals surface area contributed by atoms with E-state index in [1.54, 1.807) is 12.1 Å². The van der Waals surface area contributed by atoms with Crippen molar-refractivity contribution in [3.63, 3.8) is 0 Å². The molecule has 0 saturated carbocycles. The summed E-state index contributed by atoms with van der Waals surface area (Å²) >= 11 is 0. The van der Waals surface area contributed by atoms with Crippen LogP contribution in [-0.4, -0.2) is 84.3 Å². The van der Waals surface area contributed by atoms with E-state index in [9.17, 15) is 10.1 Å². The second kappa shape index (κ2) is 13.2. The molecule has 2 fully saturated rings. The molecule has 3 heterocycles. The van der Waals surface area contributed by atoms with Gasteiger partial charge < -0.3 is 25.0 Å². The molecule has 2 aromatic carbocycles. The molecule has 0 aliphatic carbocycles. The van der Waals surface area contributed by atoms with E-state index in [4.69, 9.17) is 9.47 Å². The minimum Gasteiger partial charge on any atom is -0.492 e. The smallest absolute Gasteiger partial charge is 0.230 e. The molecule has 40 heavy (non-hydrogen) atoms. The Morgan fingerprint density at radius 3 is 2.60 bits per heavy atom. The van der Waals surface area contributed by atoms with E-state index in [1.807, 2.05) is 18.2 Å². The number of anilines is 3. The normalized spacial score (nSPS) is 15.7. The van der Waals surface area contributed by atoms with Crippen molar-refractivity contribution in [3.8, 4) is 23.2 Å². The number of nitrogens with zero attached hydrogens (tertiary/aromatic N) is 6. The molecule has 5 rings (SSSR count). The summed E-state index contributed by atoms with van der Waals surface area (Å²) in [5.41, 5.74) is 3.19. The van der Waals surface area contributed by atoms with Gasteiger partial charge in [-0.25, -0.2) is 9.97 Å². The molecule has 1 amide bonds. The topological polar surface area (TPSA) is 129 Å². The summed E-state index contributed by atoms with van der Waals surface area (Å²) in [6, 6.07) is 16.4. The number of carbonyl (C=O) groups excluding carboxylic acids is 1. The lowest BCUT2D eigenvalue weighted by atomic mass is 10.1. The quantitative estimate of drug-likeness (QED) is 0.349. The van der Waals surface area contributed by atoms with Gasteiger partial charge in [0, 0.05) is 56.6 Å². The average molecular weight is 543 g/mol.